The lowest BCUT2D eigenvalue weighted by Crippen LogP contribution is -2.10. The monoisotopic (exact) mass is 287 g/mol. The normalized spacial score (nSPS) is 10.7. The van der Waals surface area contributed by atoms with Gasteiger partial charge in [0.2, 0.25) is 5.88 Å². The zero-order chi connectivity index (χ0) is 15.4. The maximum atomic E-state index is 5.95. The molecule has 2 aromatic rings. The van der Waals surface area contributed by atoms with Gasteiger partial charge in [0, 0.05) is 30.3 Å². The second kappa shape index (κ2) is 6.39. The molecule has 6 nitrogen and oxygen atoms in total. The standard InChI is InChI=1S/C15H21N5O/c1-9(2)14-19-13(16)10(3)15(20-14)18-8-11-5-6-12(21-4)17-7-11/h5-7,9H,8H2,1-4H3,(H3,16,18,19,20). The Morgan fingerprint density at radius 3 is 2.62 bits per heavy atom. The number of rotatable bonds is 5. The number of nitrogens with zero attached hydrogens (tertiary/aromatic N) is 3. The van der Waals surface area contributed by atoms with Crippen LogP contribution >= 0.6 is 0 Å². The third-order valence-electron chi connectivity index (χ3n) is 3.18. The molecule has 0 aliphatic heterocycles. The molecule has 0 saturated carbocycles. The summed E-state index contributed by atoms with van der Waals surface area (Å²) >= 11 is 0. The van der Waals surface area contributed by atoms with Gasteiger partial charge in [-0.1, -0.05) is 19.9 Å². The highest BCUT2D eigenvalue weighted by atomic mass is 16.5. The molecular formula is C15H21N5O. The Kier molecular flexibility index (Phi) is 4.57. The Morgan fingerprint density at radius 2 is 2.05 bits per heavy atom. The van der Waals surface area contributed by atoms with E-state index in [1.807, 2.05) is 32.9 Å². The molecule has 112 valence electrons. The molecule has 0 saturated heterocycles. The number of anilines is 2. The zero-order valence-corrected chi connectivity index (χ0v) is 12.8. The van der Waals surface area contributed by atoms with E-state index >= 15 is 0 Å². The van der Waals surface area contributed by atoms with Crippen LogP contribution in [0.3, 0.4) is 0 Å². The maximum Gasteiger partial charge on any atom is 0.212 e. The number of nitrogen functional groups attached to an aromatic ring is 1. The largest absolute Gasteiger partial charge is 0.481 e. The molecular weight excluding hydrogens is 266 g/mol. The highest BCUT2D eigenvalue weighted by Crippen LogP contribution is 2.21. The van der Waals surface area contributed by atoms with Gasteiger partial charge < -0.3 is 15.8 Å². The molecule has 2 heterocycles. The Labute approximate surface area is 124 Å². The van der Waals surface area contributed by atoms with Crippen molar-refractivity contribution < 1.29 is 4.74 Å². The highest BCUT2D eigenvalue weighted by molar-refractivity contribution is 5.55. The van der Waals surface area contributed by atoms with Crippen molar-refractivity contribution in [3.05, 3.63) is 35.3 Å². The van der Waals surface area contributed by atoms with E-state index in [9.17, 15) is 0 Å². The molecule has 0 unspecified atom stereocenters. The molecule has 0 fully saturated rings. The molecule has 0 radical (unpaired) electrons. The maximum absolute atomic E-state index is 5.95. The van der Waals surface area contributed by atoms with E-state index in [0.717, 1.165) is 22.8 Å². The Bertz CT molecular complexity index is 610. The van der Waals surface area contributed by atoms with Gasteiger partial charge in [-0.05, 0) is 12.5 Å². The summed E-state index contributed by atoms with van der Waals surface area (Å²) in [6, 6.07) is 3.79. The smallest absolute Gasteiger partial charge is 0.212 e. The lowest BCUT2D eigenvalue weighted by Gasteiger charge is -2.13. The van der Waals surface area contributed by atoms with E-state index in [0.29, 0.717) is 18.2 Å². The Hall–Kier alpha value is -2.37. The number of nitrogens with one attached hydrogen (secondary N) is 1. The lowest BCUT2D eigenvalue weighted by molar-refractivity contribution is 0.397. The summed E-state index contributed by atoms with van der Waals surface area (Å²) in [6.07, 6.45) is 1.77. The van der Waals surface area contributed by atoms with E-state index in [1.54, 1.807) is 13.3 Å². The molecule has 0 aromatic carbocycles. The first-order valence-corrected chi connectivity index (χ1v) is 6.88. The van der Waals surface area contributed by atoms with Crippen molar-refractivity contribution in [2.24, 2.45) is 0 Å². The van der Waals surface area contributed by atoms with Crippen LogP contribution in [0.1, 0.15) is 36.7 Å². The summed E-state index contributed by atoms with van der Waals surface area (Å²) in [7, 11) is 1.60. The summed E-state index contributed by atoms with van der Waals surface area (Å²) in [4.78, 5) is 13.0. The average molecular weight is 287 g/mol. The van der Waals surface area contributed by atoms with Gasteiger partial charge in [-0.25, -0.2) is 15.0 Å². The molecule has 0 amide bonds. The van der Waals surface area contributed by atoms with Crippen molar-refractivity contribution in [3.63, 3.8) is 0 Å². The quantitative estimate of drug-likeness (QED) is 0.878. The summed E-state index contributed by atoms with van der Waals surface area (Å²) in [5, 5.41) is 3.29. The van der Waals surface area contributed by atoms with Crippen LogP contribution in [0.2, 0.25) is 0 Å². The van der Waals surface area contributed by atoms with Crippen LogP contribution < -0.4 is 15.8 Å². The number of hydrogen-bond donors (Lipinski definition) is 2. The van der Waals surface area contributed by atoms with Crippen molar-refractivity contribution in [1.29, 1.82) is 0 Å². The fourth-order valence-electron chi connectivity index (χ4n) is 1.80. The third-order valence-corrected chi connectivity index (χ3v) is 3.18. The summed E-state index contributed by atoms with van der Waals surface area (Å²) in [5.74, 6) is 2.86. The topological polar surface area (TPSA) is 86.0 Å². The van der Waals surface area contributed by atoms with Gasteiger partial charge in [0.1, 0.15) is 17.5 Å². The van der Waals surface area contributed by atoms with Crippen molar-refractivity contribution in [3.8, 4) is 5.88 Å². The minimum atomic E-state index is 0.233. The van der Waals surface area contributed by atoms with Gasteiger partial charge in [0.15, 0.2) is 0 Å². The van der Waals surface area contributed by atoms with E-state index in [4.69, 9.17) is 10.5 Å². The summed E-state index contributed by atoms with van der Waals surface area (Å²) in [5.41, 5.74) is 7.85. The van der Waals surface area contributed by atoms with Crippen LogP contribution in [-0.2, 0) is 6.54 Å². The number of hydrogen-bond acceptors (Lipinski definition) is 6. The second-order valence-electron chi connectivity index (χ2n) is 5.16. The number of aromatic nitrogens is 3. The van der Waals surface area contributed by atoms with Gasteiger partial charge in [-0.2, -0.15) is 0 Å². The highest BCUT2D eigenvalue weighted by Gasteiger charge is 2.11. The molecule has 2 aromatic heterocycles. The molecule has 0 aliphatic rings. The lowest BCUT2D eigenvalue weighted by atomic mass is 10.2. The Morgan fingerprint density at radius 1 is 1.29 bits per heavy atom. The predicted octanol–water partition coefficient (Wildman–Crippen LogP) is 2.51. The number of nitrogens with two attached hydrogens (primary N) is 1. The summed E-state index contributed by atoms with van der Waals surface area (Å²) < 4.78 is 5.04. The second-order valence-corrected chi connectivity index (χ2v) is 5.16. The minimum absolute atomic E-state index is 0.233. The first kappa shape index (κ1) is 15.0. The van der Waals surface area contributed by atoms with Crippen molar-refractivity contribution in [1.82, 2.24) is 15.0 Å². The summed E-state index contributed by atoms with van der Waals surface area (Å²) in [6.45, 7) is 6.61. The van der Waals surface area contributed by atoms with Gasteiger partial charge >= 0.3 is 0 Å². The number of ether oxygens (including phenoxy) is 1. The van der Waals surface area contributed by atoms with E-state index < -0.39 is 0 Å². The van der Waals surface area contributed by atoms with Crippen LogP contribution in [-0.4, -0.2) is 22.1 Å². The molecule has 0 bridgehead atoms. The van der Waals surface area contributed by atoms with Crippen molar-refractivity contribution in [2.75, 3.05) is 18.2 Å². The zero-order valence-electron chi connectivity index (χ0n) is 12.8. The van der Waals surface area contributed by atoms with Gasteiger partial charge in [0.25, 0.3) is 0 Å². The molecule has 0 atom stereocenters. The fourth-order valence-corrected chi connectivity index (χ4v) is 1.80. The fraction of sp³-hybridized carbons (Fsp3) is 0.400. The minimum Gasteiger partial charge on any atom is -0.481 e. The molecule has 3 N–H and O–H groups in total. The van der Waals surface area contributed by atoms with E-state index in [2.05, 4.69) is 20.3 Å². The first-order chi connectivity index (χ1) is 10.0. The number of methoxy groups -OCH3 is 1. The molecule has 2 rings (SSSR count). The van der Waals surface area contributed by atoms with Crippen LogP contribution in [0.25, 0.3) is 0 Å². The number of pyridine rings is 1. The first-order valence-electron chi connectivity index (χ1n) is 6.88. The van der Waals surface area contributed by atoms with Crippen molar-refractivity contribution >= 4 is 11.6 Å². The molecule has 6 heteroatoms. The van der Waals surface area contributed by atoms with Crippen LogP contribution in [0.15, 0.2) is 18.3 Å². The van der Waals surface area contributed by atoms with Gasteiger partial charge in [0.05, 0.1) is 7.11 Å². The van der Waals surface area contributed by atoms with E-state index in [1.165, 1.54) is 0 Å². The predicted molar refractivity (Wildman–Crippen MR) is 83.4 cm³/mol. The SMILES string of the molecule is COc1ccc(CNc2nc(C(C)C)nc(N)c2C)cn1. The Balaban J connectivity index is 2.15. The van der Waals surface area contributed by atoms with Crippen LogP contribution in [0.5, 0.6) is 5.88 Å². The molecule has 21 heavy (non-hydrogen) atoms. The molecule has 0 spiro atoms. The molecule has 0 aliphatic carbocycles. The van der Waals surface area contributed by atoms with Gasteiger partial charge in [-0.15, -0.1) is 0 Å². The third kappa shape index (κ3) is 3.59. The van der Waals surface area contributed by atoms with E-state index in [-0.39, 0.29) is 5.92 Å². The average Bonchev–Trinajstić information content (AvgIpc) is 2.49. The van der Waals surface area contributed by atoms with Crippen molar-refractivity contribution in [2.45, 2.75) is 33.2 Å². The van der Waals surface area contributed by atoms with Crippen LogP contribution in [0, 0.1) is 6.92 Å². The van der Waals surface area contributed by atoms with Crippen LogP contribution in [0.4, 0.5) is 11.6 Å². The van der Waals surface area contributed by atoms with Gasteiger partial charge in [-0.3, -0.25) is 0 Å².